The van der Waals surface area contributed by atoms with Crippen molar-refractivity contribution in [1.82, 2.24) is 33.3 Å². The van der Waals surface area contributed by atoms with Gasteiger partial charge < -0.3 is 26.7 Å². The van der Waals surface area contributed by atoms with Crippen molar-refractivity contribution >= 4 is 73.0 Å². The second-order valence-corrected chi connectivity index (χ2v) is 17.4. The van der Waals surface area contributed by atoms with Gasteiger partial charge >= 0.3 is 10.2 Å². The molecule has 4 saturated heterocycles. The molecule has 2 atom stereocenters. The minimum absolute atomic E-state index is 0. The summed E-state index contributed by atoms with van der Waals surface area (Å²) in [5.41, 5.74) is 0. The number of rotatable bonds is 5. The van der Waals surface area contributed by atoms with Gasteiger partial charge in [-0.05, 0) is 39.2 Å². The molecule has 2 aromatic rings. The number of thioether (sulfide) groups is 2. The molecule has 22 heteroatoms. The van der Waals surface area contributed by atoms with Crippen LogP contribution in [0.4, 0.5) is 17.5 Å². The summed E-state index contributed by atoms with van der Waals surface area (Å²) < 4.78 is 64.2. The Morgan fingerprint density at radius 3 is 1.76 bits per heavy atom. The van der Waals surface area contributed by atoms with Crippen LogP contribution in [0.2, 0.25) is 5.15 Å². The Morgan fingerprint density at radius 2 is 1.27 bits per heavy atom. The third-order valence-electron chi connectivity index (χ3n) is 8.14. The Bertz CT molecular complexity index is 1620. The monoisotopic (exact) mass is 903 g/mol. The molecular weight excluding hydrogens is 855 g/mol. The number of anilines is 3. The second-order valence-electron chi connectivity index (χ2n) is 11.7. The zero-order valence-electron chi connectivity index (χ0n) is 30.1. The molecule has 0 aliphatic carbocycles. The van der Waals surface area contributed by atoms with E-state index < -0.39 is 20.4 Å². The van der Waals surface area contributed by atoms with Gasteiger partial charge in [0.05, 0.1) is 38.5 Å². The van der Waals surface area contributed by atoms with Crippen LogP contribution in [0.15, 0.2) is 22.4 Å². The van der Waals surface area contributed by atoms with Gasteiger partial charge in [-0.2, -0.15) is 25.4 Å². The molecule has 0 unspecified atom stereocenters. The normalized spacial score (nSPS) is 23.4. The first-order chi connectivity index (χ1) is 23.3. The Morgan fingerprint density at radius 1 is 0.765 bits per heavy atom. The Hall–Kier alpha value is -1.09. The van der Waals surface area contributed by atoms with Crippen molar-refractivity contribution in [3.05, 3.63) is 24.7 Å². The van der Waals surface area contributed by atoms with Crippen molar-refractivity contribution in [3.8, 4) is 0 Å². The summed E-state index contributed by atoms with van der Waals surface area (Å²) in [7, 11) is -3.42. The van der Waals surface area contributed by atoms with E-state index in [1.165, 1.54) is 36.4 Å². The fourth-order valence-corrected chi connectivity index (χ4v) is 8.68. The molecule has 6 rings (SSSR count). The maximum absolute atomic E-state index is 12.6. The van der Waals surface area contributed by atoms with Crippen LogP contribution in [0.1, 0.15) is 26.7 Å². The van der Waals surface area contributed by atoms with Crippen LogP contribution in [0.3, 0.4) is 0 Å². The minimum Gasteiger partial charge on any atom is -0.377 e. The average molecular weight is 905 g/mol. The molecule has 16 nitrogen and oxygen atoms in total. The summed E-state index contributed by atoms with van der Waals surface area (Å²) in [4.78, 5) is 22.0. The van der Waals surface area contributed by atoms with Gasteiger partial charge in [0.2, 0.25) is 0 Å². The van der Waals surface area contributed by atoms with Gasteiger partial charge in [-0.1, -0.05) is 35.1 Å². The van der Waals surface area contributed by atoms with E-state index in [9.17, 15) is 16.8 Å². The summed E-state index contributed by atoms with van der Waals surface area (Å²) in [6.45, 7) is 10.7. The molecule has 0 bridgehead atoms. The van der Waals surface area contributed by atoms with Gasteiger partial charge in [-0.15, -0.1) is 0 Å². The molecule has 0 amide bonds. The van der Waals surface area contributed by atoms with E-state index in [1.807, 2.05) is 18.6 Å². The van der Waals surface area contributed by atoms with Crippen LogP contribution in [0.5, 0.6) is 0 Å². The third kappa shape index (κ3) is 12.5. The standard InChI is InChI=1S/C14H23N5O3S2.C10H14ClN3OS.C4H10N2O2S.CH3.Pd/c1-11-10-22-8-7-18(11)12-9-13(16-14(15-12)23-3)19-6-4-5-17(2)24(19,20)21;1-7-6-15-4-3-14(7)9-5-8(11)12-10(13-9)16-2;1-6-4-2-3-5-9(6,7)8;;/h9,11H,4-8,10H2,1-3H3;5,7H,3-4,6H2,1-2H3;5H,2-4H2,1H3;1H3;/q;;;-1;/t11-;7-;;;/m11.../s1. The first-order valence-electron chi connectivity index (χ1n) is 15.9. The fourth-order valence-electron chi connectivity index (χ4n) is 5.33. The molecule has 4 aliphatic rings. The van der Waals surface area contributed by atoms with E-state index >= 15 is 0 Å². The van der Waals surface area contributed by atoms with Gasteiger partial charge in [-0.3, -0.25) is 0 Å². The van der Waals surface area contributed by atoms with Crippen LogP contribution < -0.4 is 18.8 Å². The van der Waals surface area contributed by atoms with Crippen molar-refractivity contribution in [1.29, 1.82) is 0 Å². The molecule has 2 aromatic heterocycles. The summed E-state index contributed by atoms with van der Waals surface area (Å²) in [5, 5.41) is 1.78. The Kier molecular flexibility index (Phi) is 19.1. The average Bonchev–Trinajstić information content (AvgIpc) is 3.07. The molecule has 0 radical (unpaired) electrons. The third-order valence-corrected chi connectivity index (χ3v) is 12.9. The first kappa shape index (κ1) is 46.1. The number of hydrogen-bond acceptors (Lipinski definition) is 14. The van der Waals surface area contributed by atoms with Gasteiger partial charge in [0.15, 0.2) is 10.3 Å². The fraction of sp³-hybridized carbons (Fsp3) is 0.690. The number of halogens is 1. The molecule has 51 heavy (non-hydrogen) atoms. The molecule has 6 heterocycles. The summed E-state index contributed by atoms with van der Waals surface area (Å²) in [6.07, 6.45) is 5.51. The zero-order valence-corrected chi connectivity index (χ0v) is 35.7. The maximum atomic E-state index is 12.6. The second kappa shape index (κ2) is 21.1. The molecule has 0 aromatic carbocycles. The van der Waals surface area contributed by atoms with E-state index in [0.717, 1.165) is 50.8 Å². The maximum Gasteiger partial charge on any atom is 0.305 e. The van der Waals surface area contributed by atoms with Gasteiger partial charge in [0.1, 0.15) is 22.6 Å². The van der Waals surface area contributed by atoms with Crippen molar-refractivity contribution in [2.45, 2.75) is 49.1 Å². The molecule has 1 N–H and O–H groups in total. The smallest absolute Gasteiger partial charge is 0.305 e. The largest absolute Gasteiger partial charge is 0.377 e. The summed E-state index contributed by atoms with van der Waals surface area (Å²) in [5.74, 6) is 2.08. The number of morpholine rings is 2. The molecule has 4 aliphatic heterocycles. The minimum atomic E-state index is -3.52. The van der Waals surface area contributed by atoms with E-state index in [-0.39, 0.29) is 33.9 Å². The summed E-state index contributed by atoms with van der Waals surface area (Å²) >= 11 is 8.88. The first-order valence-corrected chi connectivity index (χ1v) is 21.6. The van der Waals surface area contributed by atoms with E-state index in [0.29, 0.717) is 66.7 Å². The number of nitrogens with one attached hydrogen (secondary N) is 1. The predicted octanol–water partition coefficient (Wildman–Crippen LogP) is 2.49. The predicted molar refractivity (Wildman–Crippen MR) is 202 cm³/mol. The van der Waals surface area contributed by atoms with Crippen molar-refractivity contribution in [2.24, 2.45) is 0 Å². The molecular formula is C29H50ClN10O6PdS4-. The van der Waals surface area contributed by atoms with Gasteiger partial charge in [0.25, 0.3) is 10.2 Å². The van der Waals surface area contributed by atoms with Crippen LogP contribution in [0.25, 0.3) is 0 Å². The molecule has 294 valence electrons. The van der Waals surface area contributed by atoms with Crippen LogP contribution in [-0.2, 0) is 50.3 Å². The van der Waals surface area contributed by atoms with E-state index in [2.05, 4.69) is 48.3 Å². The van der Waals surface area contributed by atoms with Crippen molar-refractivity contribution in [3.63, 3.8) is 0 Å². The van der Waals surface area contributed by atoms with Crippen LogP contribution in [0, 0.1) is 7.43 Å². The van der Waals surface area contributed by atoms with E-state index in [1.54, 1.807) is 20.2 Å². The zero-order chi connectivity index (χ0) is 35.8. The molecule has 0 spiro atoms. The van der Waals surface area contributed by atoms with Gasteiger partial charge in [-0.25, -0.2) is 29.0 Å². The molecule has 4 fully saturated rings. The number of nitrogens with zero attached hydrogens (tertiary/aromatic N) is 9. The molecule has 0 saturated carbocycles. The number of hydrogen-bond donors (Lipinski definition) is 1. The van der Waals surface area contributed by atoms with Crippen LogP contribution >= 0.6 is 35.1 Å². The summed E-state index contributed by atoms with van der Waals surface area (Å²) in [6, 6.07) is 4.10. The number of ether oxygens (including phenoxy) is 2. The van der Waals surface area contributed by atoms with E-state index in [4.69, 9.17) is 21.1 Å². The Balaban J connectivity index is 0.000000288. The number of aromatic nitrogens is 4. The van der Waals surface area contributed by atoms with Crippen molar-refractivity contribution < 1.29 is 46.7 Å². The SMILES string of the molecule is CN1CCCNS1(=O)=O.CSc1nc(Cl)cc(N2CCOC[C@H]2C)n1.CSc1nc(N2CCOC[C@H]2C)cc(N2CCCN(C)S2(=O)=O)n1.[CH3-].[Pd]. The topological polar surface area (TPSA) is 167 Å². The quantitative estimate of drug-likeness (QED) is 0.153. The van der Waals surface area contributed by atoms with Crippen molar-refractivity contribution in [2.75, 3.05) is 106 Å². The van der Waals surface area contributed by atoms with Gasteiger partial charge in [0, 0.05) is 85.9 Å². The Labute approximate surface area is 331 Å². The van der Waals surface area contributed by atoms with Crippen LogP contribution in [-0.4, -0.2) is 150 Å².